The minimum atomic E-state index is 0.604. The summed E-state index contributed by atoms with van der Waals surface area (Å²) in [5.41, 5.74) is 1.24. The van der Waals surface area contributed by atoms with Crippen LogP contribution in [0, 0.1) is 6.92 Å². The number of aryl methyl sites for hydroxylation is 1. The number of thioether (sulfide) groups is 1. The van der Waals surface area contributed by atoms with Crippen LogP contribution in [0.1, 0.15) is 31.7 Å². The zero-order valence-electron chi connectivity index (χ0n) is 10.4. The second-order valence-electron chi connectivity index (χ2n) is 4.55. The number of hydrogen-bond donors (Lipinski definition) is 1. The summed E-state index contributed by atoms with van der Waals surface area (Å²) in [5.74, 6) is 2.24. The van der Waals surface area contributed by atoms with Crippen molar-refractivity contribution in [3.63, 3.8) is 0 Å². The van der Waals surface area contributed by atoms with Gasteiger partial charge >= 0.3 is 0 Å². The van der Waals surface area contributed by atoms with Crippen molar-refractivity contribution in [2.45, 2.75) is 44.4 Å². The Morgan fingerprint density at radius 3 is 3.06 bits per heavy atom. The van der Waals surface area contributed by atoms with Gasteiger partial charge in [-0.2, -0.15) is 11.8 Å². The van der Waals surface area contributed by atoms with Crippen molar-refractivity contribution in [2.24, 2.45) is 0 Å². The van der Waals surface area contributed by atoms with E-state index in [1.54, 1.807) is 0 Å². The SMILES string of the molecule is CCSC1CCC(Nc2cc(C)c(Br)cn2)C1. The average Bonchev–Trinajstić information content (AvgIpc) is 2.72. The monoisotopic (exact) mass is 314 g/mol. The molecule has 0 spiro atoms. The minimum absolute atomic E-state index is 0.604. The first-order chi connectivity index (χ1) is 8.19. The molecule has 2 unspecified atom stereocenters. The molecule has 17 heavy (non-hydrogen) atoms. The van der Waals surface area contributed by atoms with Crippen LogP contribution < -0.4 is 5.32 Å². The van der Waals surface area contributed by atoms with E-state index in [0.29, 0.717) is 6.04 Å². The van der Waals surface area contributed by atoms with Crippen LogP contribution in [0.3, 0.4) is 0 Å². The van der Waals surface area contributed by atoms with Crippen molar-refractivity contribution >= 4 is 33.5 Å². The molecule has 1 aliphatic carbocycles. The van der Waals surface area contributed by atoms with E-state index in [1.165, 1.54) is 30.6 Å². The van der Waals surface area contributed by atoms with Crippen LogP contribution in [0.15, 0.2) is 16.7 Å². The second kappa shape index (κ2) is 6.10. The van der Waals surface area contributed by atoms with E-state index in [-0.39, 0.29) is 0 Å². The van der Waals surface area contributed by atoms with Crippen LogP contribution in [-0.4, -0.2) is 22.0 Å². The summed E-state index contributed by atoms with van der Waals surface area (Å²) in [6.07, 6.45) is 5.76. The zero-order valence-corrected chi connectivity index (χ0v) is 12.8. The summed E-state index contributed by atoms with van der Waals surface area (Å²) in [6, 6.07) is 2.72. The summed E-state index contributed by atoms with van der Waals surface area (Å²) in [6.45, 7) is 4.34. The molecule has 94 valence electrons. The quantitative estimate of drug-likeness (QED) is 0.899. The maximum atomic E-state index is 4.41. The lowest BCUT2D eigenvalue weighted by Gasteiger charge is -2.14. The van der Waals surface area contributed by atoms with Gasteiger partial charge in [-0.15, -0.1) is 0 Å². The highest BCUT2D eigenvalue weighted by Gasteiger charge is 2.24. The third kappa shape index (κ3) is 3.62. The lowest BCUT2D eigenvalue weighted by molar-refractivity contribution is 0.751. The topological polar surface area (TPSA) is 24.9 Å². The van der Waals surface area contributed by atoms with Crippen molar-refractivity contribution in [3.05, 3.63) is 22.3 Å². The lowest BCUT2D eigenvalue weighted by Crippen LogP contribution is -2.16. The van der Waals surface area contributed by atoms with Gasteiger partial charge in [-0.3, -0.25) is 0 Å². The van der Waals surface area contributed by atoms with Crippen LogP contribution in [0.25, 0.3) is 0 Å². The first kappa shape index (κ1) is 13.2. The summed E-state index contributed by atoms with van der Waals surface area (Å²) in [4.78, 5) is 4.41. The molecule has 0 aromatic carbocycles. The van der Waals surface area contributed by atoms with E-state index < -0.39 is 0 Å². The van der Waals surface area contributed by atoms with Gasteiger partial charge in [0.1, 0.15) is 5.82 Å². The number of anilines is 1. The van der Waals surface area contributed by atoms with Gasteiger partial charge in [-0.1, -0.05) is 6.92 Å². The molecule has 2 rings (SSSR count). The third-order valence-electron chi connectivity index (χ3n) is 3.19. The Balaban J connectivity index is 1.91. The Kier molecular flexibility index (Phi) is 4.74. The van der Waals surface area contributed by atoms with E-state index in [0.717, 1.165) is 15.5 Å². The molecule has 0 aliphatic heterocycles. The van der Waals surface area contributed by atoms with Crippen molar-refractivity contribution in [1.82, 2.24) is 4.98 Å². The molecule has 0 bridgehead atoms. The van der Waals surface area contributed by atoms with E-state index in [2.05, 4.69) is 57.9 Å². The van der Waals surface area contributed by atoms with Gasteiger partial charge in [0, 0.05) is 22.0 Å². The third-order valence-corrected chi connectivity index (χ3v) is 5.25. The molecule has 2 atom stereocenters. The minimum Gasteiger partial charge on any atom is -0.367 e. The first-order valence-corrected chi connectivity index (χ1v) is 8.03. The van der Waals surface area contributed by atoms with Gasteiger partial charge in [0.25, 0.3) is 0 Å². The van der Waals surface area contributed by atoms with Gasteiger partial charge in [0.05, 0.1) is 0 Å². The van der Waals surface area contributed by atoms with Gasteiger partial charge in [-0.05, 0) is 59.5 Å². The fourth-order valence-electron chi connectivity index (χ4n) is 2.29. The van der Waals surface area contributed by atoms with Crippen molar-refractivity contribution in [3.8, 4) is 0 Å². The molecule has 1 aromatic rings. The molecule has 0 amide bonds. The first-order valence-electron chi connectivity index (χ1n) is 6.19. The predicted molar refractivity (Wildman–Crippen MR) is 79.9 cm³/mol. The van der Waals surface area contributed by atoms with Crippen LogP contribution in [-0.2, 0) is 0 Å². The van der Waals surface area contributed by atoms with Crippen LogP contribution in [0.5, 0.6) is 0 Å². The van der Waals surface area contributed by atoms with Crippen molar-refractivity contribution in [2.75, 3.05) is 11.1 Å². The second-order valence-corrected chi connectivity index (χ2v) is 6.98. The van der Waals surface area contributed by atoms with Crippen molar-refractivity contribution < 1.29 is 0 Å². The largest absolute Gasteiger partial charge is 0.367 e. The molecule has 2 nitrogen and oxygen atoms in total. The molecule has 0 saturated heterocycles. The molecule has 1 saturated carbocycles. The number of pyridine rings is 1. The number of nitrogens with zero attached hydrogens (tertiary/aromatic N) is 1. The fraction of sp³-hybridized carbons (Fsp3) is 0.615. The molecule has 0 radical (unpaired) electrons. The standard InChI is InChI=1S/C13H19BrN2S/c1-3-17-11-5-4-10(7-11)16-13-6-9(2)12(14)8-15-13/h6,8,10-11H,3-5,7H2,1-2H3,(H,15,16). The Bertz CT molecular complexity index is 384. The predicted octanol–water partition coefficient (Wildman–Crippen LogP) is 4.24. The molecule has 1 fully saturated rings. The van der Waals surface area contributed by atoms with Gasteiger partial charge in [-0.25, -0.2) is 4.98 Å². The van der Waals surface area contributed by atoms with E-state index in [1.807, 2.05) is 6.20 Å². The van der Waals surface area contributed by atoms with E-state index in [4.69, 9.17) is 0 Å². The summed E-state index contributed by atoms with van der Waals surface area (Å²) < 4.78 is 1.08. The van der Waals surface area contributed by atoms with E-state index >= 15 is 0 Å². The molecule has 1 N–H and O–H groups in total. The number of nitrogens with one attached hydrogen (secondary N) is 1. The number of hydrogen-bond acceptors (Lipinski definition) is 3. The summed E-state index contributed by atoms with van der Waals surface area (Å²) in [5, 5.41) is 4.39. The van der Waals surface area contributed by atoms with Crippen LogP contribution >= 0.6 is 27.7 Å². The maximum absolute atomic E-state index is 4.41. The molecule has 1 aliphatic rings. The number of rotatable bonds is 4. The Labute approximate surface area is 116 Å². The van der Waals surface area contributed by atoms with Crippen LogP contribution in [0.2, 0.25) is 0 Å². The average molecular weight is 315 g/mol. The maximum Gasteiger partial charge on any atom is 0.126 e. The highest BCUT2D eigenvalue weighted by Crippen LogP contribution is 2.31. The summed E-state index contributed by atoms with van der Waals surface area (Å²) >= 11 is 5.57. The molecular weight excluding hydrogens is 296 g/mol. The lowest BCUT2D eigenvalue weighted by atomic mass is 10.2. The normalized spacial score (nSPS) is 23.9. The van der Waals surface area contributed by atoms with Gasteiger partial charge in [0.15, 0.2) is 0 Å². The fourth-order valence-corrected chi connectivity index (χ4v) is 3.65. The molecule has 4 heteroatoms. The van der Waals surface area contributed by atoms with Crippen molar-refractivity contribution in [1.29, 1.82) is 0 Å². The summed E-state index contributed by atoms with van der Waals surface area (Å²) in [7, 11) is 0. The Hall–Kier alpha value is -0.220. The smallest absolute Gasteiger partial charge is 0.126 e. The van der Waals surface area contributed by atoms with Gasteiger partial charge < -0.3 is 5.32 Å². The Morgan fingerprint density at radius 1 is 1.53 bits per heavy atom. The number of halogens is 1. The molecule has 1 heterocycles. The molecular formula is C13H19BrN2S. The van der Waals surface area contributed by atoms with Gasteiger partial charge in [0.2, 0.25) is 0 Å². The molecule has 1 aromatic heterocycles. The highest BCUT2D eigenvalue weighted by molar-refractivity contribution is 9.10. The number of aromatic nitrogens is 1. The van der Waals surface area contributed by atoms with Crippen LogP contribution in [0.4, 0.5) is 5.82 Å². The Morgan fingerprint density at radius 2 is 2.35 bits per heavy atom. The van der Waals surface area contributed by atoms with E-state index in [9.17, 15) is 0 Å². The zero-order chi connectivity index (χ0) is 12.3. The highest BCUT2D eigenvalue weighted by atomic mass is 79.9.